The molecule has 1 saturated heterocycles. The van der Waals surface area contributed by atoms with Gasteiger partial charge in [0.1, 0.15) is 0 Å². The first kappa shape index (κ1) is 15.2. The highest BCUT2D eigenvalue weighted by Crippen LogP contribution is 2.16. The molecule has 1 N–H and O–H groups in total. The molecule has 118 valence electrons. The molecule has 3 rings (SSSR count). The molecule has 2 aromatic rings. The molecule has 5 heteroatoms. The Kier molecular flexibility index (Phi) is 4.66. The predicted octanol–water partition coefficient (Wildman–Crippen LogP) is 2.10. The maximum Gasteiger partial charge on any atom is 0.252 e. The molecule has 0 saturated carbocycles. The maximum atomic E-state index is 12.1. The van der Waals surface area contributed by atoms with Crippen molar-refractivity contribution in [1.29, 1.82) is 0 Å². The summed E-state index contributed by atoms with van der Waals surface area (Å²) in [6, 6.07) is 13.4. The SMILES string of the molecule is O=C(NCCN1CCCC1=O)c1ccc(-c2ccccc2)nc1. The molecule has 1 aliphatic rings. The van der Waals surface area contributed by atoms with E-state index in [-0.39, 0.29) is 11.8 Å². The van der Waals surface area contributed by atoms with Crippen molar-refractivity contribution >= 4 is 11.8 Å². The summed E-state index contributed by atoms with van der Waals surface area (Å²) < 4.78 is 0. The molecular weight excluding hydrogens is 290 g/mol. The van der Waals surface area contributed by atoms with E-state index in [1.54, 1.807) is 17.2 Å². The number of pyridine rings is 1. The van der Waals surface area contributed by atoms with E-state index in [0.29, 0.717) is 25.1 Å². The highest BCUT2D eigenvalue weighted by atomic mass is 16.2. The molecule has 0 bridgehead atoms. The molecule has 2 amide bonds. The van der Waals surface area contributed by atoms with Crippen molar-refractivity contribution in [2.75, 3.05) is 19.6 Å². The quantitative estimate of drug-likeness (QED) is 0.920. The zero-order chi connectivity index (χ0) is 16.1. The van der Waals surface area contributed by atoms with Gasteiger partial charge in [-0.25, -0.2) is 0 Å². The topological polar surface area (TPSA) is 62.3 Å². The van der Waals surface area contributed by atoms with Crippen LogP contribution < -0.4 is 5.32 Å². The molecule has 5 nitrogen and oxygen atoms in total. The Morgan fingerprint density at radius 3 is 2.65 bits per heavy atom. The molecule has 2 heterocycles. The van der Waals surface area contributed by atoms with Crippen LogP contribution in [0.4, 0.5) is 0 Å². The zero-order valence-corrected chi connectivity index (χ0v) is 12.9. The number of carbonyl (C=O) groups excluding carboxylic acids is 2. The number of carbonyl (C=O) groups is 2. The van der Waals surface area contributed by atoms with Gasteiger partial charge in [-0.05, 0) is 18.6 Å². The molecule has 1 aliphatic heterocycles. The molecule has 23 heavy (non-hydrogen) atoms. The number of hydrogen-bond acceptors (Lipinski definition) is 3. The van der Waals surface area contributed by atoms with Crippen LogP contribution in [0.1, 0.15) is 23.2 Å². The fourth-order valence-corrected chi connectivity index (χ4v) is 2.65. The second-order valence-corrected chi connectivity index (χ2v) is 5.54. The molecule has 1 fully saturated rings. The van der Waals surface area contributed by atoms with Gasteiger partial charge in [0.15, 0.2) is 0 Å². The summed E-state index contributed by atoms with van der Waals surface area (Å²) in [5.41, 5.74) is 2.38. The largest absolute Gasteiger partial charge is 0.350 e. The lowest BCUT2D eigenvalue weighted by molar-refractivity contribution is -0.127. The van der Waals surface area contributed by atoms with Crippen LogP contribution in [0.3, 0.4) is 0 Å². The van der Waals surface area contributed by atoms with Crippen LogP contribution in [0.5, 0.6) is 0 Å². The second-order valence-electron chi connectivity index (χ2n) is 5.54. The van der Waals surface area contributed by atoms with Crippen molar-refractivity contribution in [2.24, 2.45) is 0 Å². The van der Waals surface area contributed by atoms with Gasteiger partial charge >= 0.3 is 0 Å². The number of hydrogen-bond donors (Lipinski definition) is 1. The number of likely N-dealkylation sites (tertiary alicyclic amines) is 1. The molecular formula is C18H19N3O2. The summed E-state index contributed by atoms with van der Waals surface area (Å²) in [6.07, 6.45) is 3.12. The van der Waals surface area contributed by atoms with Gasteiger partial charge in [-0.15, -0.1) is 0 Å². The number of aromatic nitrogens is 1. The third-order valence-electron chi connectivity index (χ3n) is 3.93. The monoisotopic (exact) mass is 309 g/mol. The van der Waals surface area contributed by atoms with Crippen LogP contribution >= 0.6 is 0 Å². The van der Waals surface area contributed by atoms with Crippen LogP contribution in [-0.4, -0.2) is 41.3 Å². The molecule has 1 aromatic heterocycles. The van der Waals surface area contributed by atoms with Crippen LogP contribution in [0.25, 0.3) is 11.3 Å². The normalized spacial score (nSPS) is 14.1. The third kappa shape index (κ3) is 3.74. The van der Waals surface area contributed by atoms with Crippen molar-refractivity contribution in [3.05, 3.63) is 54.2 Å². The van der Waals surface area contributed by atoms with E-state index >= 15 is 0 Å². The van der Waals surface area contributed by atoms with Gasteiger partial charge in [-0.3, -0.25) is 14.6 Å². The lowest BCUT2D eigenvalue weighted by Gasteiger charge is -2.15. The lowest BCUT2D eigenvalue weighted by Crippen LogP contribution is -2.35. The van der Waals surface area contributed by atoms with Crippen LogP contribution in [0, 0.1) is 0 Å². The third-order valence-corrected chi connectivity index (χ3v) is 3.93. The fraction of sp³-hybridized carbons (Fsp3) is 0.278. The van der Waals surface area contributed by atoms with E-state index in [2.05, 4.69) is 10.3 Å². The summed E-state index contributed by atoms with van der Waals surface area (Å²) in [7, 11) is 0. The summed E-state index contributed by atoms with van der Waals surface area (Å²) in [5, 5.41) is 2.83. The number of amides is 2. The Bertz CT molecular complexity index is 683. The van der Waals surface area contributed by atoms with Gasteiger partial charge in [0.2, 0.25) is 5.91 Å². The highest BCUT2D eigenvalue weighted by Gasteiger charge is 2.19. The van der Waals surface area contributed by atoms with Gasteiger partial charge < -0.3 is 10.2 Å². The maximum absolute atomic E-state index is 12.1. The Hall–Kier alpha value is -2.69. The van der Waals surface area contributed by atoms with E-state index in [1.165, 1.54) is 0 Å². The molecule has 0 spiro atoms. The average Bonchev–Trinajstić information content (AvgIpc) is 3.01. The van der Waals surface area contributed by atoms with Gasteiger partial charge in [0.25, 0.3) is 5.91 Å². The van der Waals surface area contributed by atoms with Crippen molar-refractivity contribution in [2.45, 2.75) is 12.8 Å². The fourth-order valence-electron chi connectivity index (χ4n) is 2.65. The van der Waals surface area contributed by atoms with Crippen LogP contribution in [0.2, 0.25) is 0 Å². The molecule has 1 aromatic carbocycles. The molecule has 0 unspecified atom stereocenters. The summed E-state index contributed by atoms with van der Waals surface area (Å²) in [6.45, 7) is 1.83. The van der Waals surface area contributed by atoms with Gasteiger partial charge in [-0.1, -0.05) is 30.3 Å². The molecule has 0 radical (unpaired) electrons. The van der Waals surface area contributed by atoms with E-state index < -0.39 is 0 Å². The lowest BCUT2D eigenvalue weighted by atomic mass is 10.1. The van der Waals surface area contributed by atoms with Crippen LogP contribution in [-0.2, 0) is 4.79 Å². The number of rotatable bonds is 5. The summed E-state index contributed by atoms with van der Waals surface area (Å²) in [4.78, 5) is 29.7. The highest BCUT2D eigenvalue weighted by molar-refractivity contribution is 5.94. The first-order chi connectivity index (χ1) is 11.2. The van der Waals surface area contributed by atoms with Crippen molar-refractivity contribution in [1.82, 2.24) is 15.2 Å². The Morgan fingerprint density at radius 2 is 2.00 bits per heavy atom. The number of nitrogens with zero attached hydrogens (tertiary/aromatic N) is 2. The van der Waals surface area contributed by atoms with Gasteiger partial charge in [-0.2, -0.15) is 0 Å². The van der Waals surface area contributed by atoms with E-state index in [9.17, 15) is 9.59 Å². The Balaban J connectivity index is 1.54. The van der Waals surface area contributed by atoms with E-state index in [0.717, 1.165) is 24.2 Å². The Labute approximate surface area is 135 Å². The average molecular weight is 309 g/mol. The smallest absolute Gasteiger partial charge is 0.252 e. The minimum Gasteiger partial charge on any atom is -0.350 e. The minimum atomic E-state index is -0.163. The first-order valence-electron chi connectivity index (χ1n) is 7.81. The van der Waals surface area contributed by atoms with Crippen molar-refractivity contribution in [3.8, 4) is 11.3 Å². The van der Waals surface area contributed by atoms with Gasteiger partial charge in [0, 0.05) is 37.8 Å². The number of benzene rings is 1. The molecule has 0 atom stereocenters. The van der Waals surface area contributed by atoms with E-state index in [4.69, 9.17) is 0 Å². The predicted molar refractivity (Wildman–Crippen MR) is 87.8 cm³/mol. The van der Waals surface area contributed by atoms with E-state index in [1.807, 2.05) is 36.4 Å². The molecule has 0 aliphatic carbocycles. The van der Waals surface area contributed by atoms with Crippen LogP contribution in [0.15, 0.2) is 48.7 Å². The van der Waals surface area contributed by atoms with Crippen molar-refractivity contribution < 1.29 is 9.59 Å². The summed E-state index contributed by atoms with van der Waals surface area (Å²) >= 11 is 0. The second kappa shape index (κ2) is 7.05. The Morgan fingerprint density at radius 1 is 1.17 bits per heavy atom. The standard InChI is InChI=1S/C18H19N3O2/c22-17-7-4-11-21(17)12-10-19-18(23)15-8-9-16(20-13-15)14-5-2-1-3-6-14/h1-3,5-6,8-9,13H,4,7,10-12H2,(H,19,23). The first-order valence-corrected chi connectivity index (χ1v) is 7.81. The zero-order valence-electron chi connectivity index (χ0n) is 12.9. The van der Waals surface area contributed by atoms with Gasteiger partial charge in [0.05, 0.1) is 11.3 Å². The van der Waals surface area contributed by atoms with Crippen molar-refractivity contribution in [3.63, 3.8) is 0 Å². The number of nitrogens with one attached hydrogen (secondary N) is 1. The summed E-state index contributed by atoms with van der Waals surface area (Å²) in [5.74, 6) is 0.0110. The minimum absolute atomic E-state index is 0.163.